The van der Waals surface area contributed by atoms with Crippen molar-refractivity contribution in [2.24, 2.45) is 0 Å². The molecule has 7 heteroatoms. The maximum atomic E-state index is 14.8. The number of nitrogens with two attached hydrogens (primary N) is 1. The number of carbonyl (C=O) groups is 1. The molecule has 0 aliphatic heterocycles. The van der Waals surface area contributed by atoms with Crippen LogP contribution in [0.3, 0.4) is 0 Å². The molecule has 174 valence electrons. The van der Waals surface area contributed by atoms with Crippen molar-refractivity contribution in [1.82, 2.24) is 15.3 Å². The number of nitrogens with zero attached hydrogens (tertiary/aromatic N) is 2. The summed E-state index contributed by atoms with van der Waals surface area (Å²) < 4.78 is 14.8. The van der Waals surface area contributed by atoms with E-state index in [1.165, 1.54) is 31.4 Å². The molecule has 0 saturated heterocycles. The number of anilines is 1. The first-order valence-corrected chi connectivity index (χ1v) is 11.8. The predicted octanol–water partition coefficient (Wildman–Crippen LogP) is 6.52. The van der Waals surface area contributed by atoms with Crippen molar-refractivity contribution in [2.75, 3.05) is 5.73 Å². The van der Waals surface area contributed by atoms with Crippen molar-refractivity contribution in [3.05, 3.63) is 76.3 Å². The summed E-state index contributed by atoms with van der Waals surface area (Å²) in [5.74, 6) is -0.525. The van der Waals surface area contributed by atoms with Crippen LogP contribution in [0.5, 0.6) is 0 Å². The van der Waals surface area contributed by atoms with Crippen LogP contribution in [-0.4, -0.2) is 15.9 Å². The Hall–Kier alpha value is -2.99. The molecule has 3 aromatic rings. The molecule has 1 fully saturated rings. The third-order valence-corrected chi connectivity index (χ3v) is 5.91. The highest BCUT2D eigenvalue weighted by Crippen LogP contribution is 2.33. The molecule has 1 aromatic heterocycles. The van der Waals surface area contributed by atoms with E-state index in [-0.39, 0.29) is 17.9 Å². The monoisotopic (exact) mass is 468 g/mol. The van der Waals surface area contributed by atoms with E-state index >= 15 is 0 Å². The second-order valence-corrected chi connectivity index (χ2v) is 8.31. The molecule has 0 atom stereocenters. The number of amides is 1. The molecular weight excluding hydrogens is 439 g/mol. The average molecular weight is 469 g/mol. The Balaban J connectivity index is 0.00000149. The van der Waals surface area contributed by atoms with E-state index in [2.05, 4.69) is 10.3 Å². The van der Waals surface area contributed by atoms with Gasteiger partial charge in [0, 0.05) is 23.0 Å². The van der Waals surface area contributed by atoms with Gasteiger partial charge in [0.25, 0.3) is 5.91 Å². The predicted molar refractivity (Wildman–Crippen MR) is 132 cm³/mol. The van der Waals surface area contributed by atoms with Gasteiger partial charge >= 0.3 is 0 Å². The zero-order chi connectivity index (χ0) is 23.8. The fraction of sp³-hybridized carbons (Fsp3) is 0.346. The maximum absolute atomic E-state index is 14.8. The summed E-state index contributed by atoms with van der Waals surface area (Å²) in [5.41, 5.74) is 8.68. The van der Waals surface area contributed by atoms with Gasteiger partial charge in [-0.15, -0.1) is 0 Å². The molecule has 2 aromatic carbocycles. The number of rotatable bonds is 5. The lowest BCUT2D eigenvalue weighted by molar-refractivity contribution is 0.0947. The SMILES string of the molecule is CC.Nc1ncc(C2CCCCC2)nc1-c1ccc(C(=O)NCc2cccc(Cl)c2)c(F)c1. The number of carbonyl (C=O) groups excluding carboxylic acids is 1. The van der Waals surface area contributed by atoms with Crippen LogP contribution in [0.25, 0.3) is 11.3 Å². The van der Waals surface area contributed by atoms with Gasteiger partial charge in [0.1, 0.15) is 17.3 Å². The fourth-order valence-corrected chi connectivity index (χ4v) is 4.20. The molecule has 1 amide bonds. The fourth-order valence-electron chi connectivity index (χ4n) is 3.99. The van der Waals surface area contributed by atoms with Gasteiger partial charge in [0.05, 0.1) is 17.5 Å². The number of benzene rings is 2. The Bertz CT molecular complexity index is 1100. The zero-order valence-corrected chi connectivity index (χ0v) is 19.8. The van der Waals surface area contributed by atoms with Gasteiger partial charge in [-0.2, -0.15) is 0 Å². The van der Waals surface area contributed by atoms with Crippen LogP contribution in [0.4, 0.5) is 10.2 Å². The van der Waals surface area contributed by atoms with Gasteiger partial charge in [0.2, 0.25) is 0 Å². The molecule has 0 bridgehead atoms. The van der Waals surface area contributed by atoms with Gasteiger partial charge < -0.3 is 11.1 Å². The van der Waals surface area contributed by atoms with E-state index in [4.69, 9.17) is 22.3 Å². The lowest BCUT2D eigenvalue weighted by atomic mass is 9.87. The molecule has 0 radical (unpaired) electrons. The van der Waals surface area contributed by atoms with E-state index in [1.807, 2.05) is 19.9 Å². The number of halogens is 2. The second-order valence-electron chi connectivity index (χ2n) is 7.87. The standard InChI is InChI=1S/C24H24ClFN4O.C2H6/c25-18-8-4-5-15(11-18)13-29-24(31)19-10-9-17(12-20(19)26)22-23(27)28-14-21(30-22)16-6-2-1-3-7-16;1-2/h4-5,8-12,14,16H,1-3,6-7,13H2,(H2,27,28)(H,29,31);1-2H3. The van der Waals surface area contributed by atoms with Gasteiger partial charge in [-0.25, -0.2) is 14.4 Å². The Morgan fingerprint density at radius 2 is 1.91 bits per heavy atom. The quantitative estimate of drug-likeness (QED) is 0.446. The van der Waals surface area contributed by atoms with Crippen molar-refractivity contribution in [3.8, 4) is 11.3 Å². The van der Waals surface area contributed by atoms with Gasteiger partial charge in [-0.1, -0.05) is 62.9 Å². The Morgan fingerprint density at radius 1 is 1.15 bits per heavy atom. The Morgan fingerprint density at radius 3 is 2.61 bits per heavy atom. The second kappa shape index (κ2) is 11.8. The highest BCUT2D eigenvalue weighted by Gasteiger charge is 2.20. The smallest absolute Gasteiger partial charge is 0.254 e. The normalized spacial score (nSPS) is 13.7. The highest BCUT2D eigenvalue weighted by atomic mass is 35.5. The van der Waals surface area contributed by atoms with E-state index < -0.39 is 11.7 Å². The van der Waals surface area contributed by atoms with Crippen molar-refractivity contribution in [1.29, 1.82) is 0 Å². The Kier molecular flexibility index (Phi) is 8.78. The number of aromatic nitrogens is 2. The summed E-state index contributed by atoms with van der Waals surface area (Å²) in [6, 6.07) is 11.5. The van der Waals surface area contributed by atoms with Crippen LogP contribution in [0.15, 0.2) is 48.7 Å². The van der Waals surface area contributed by atoms with E-state index in [0.29, 0.717) is 22.2 Å². The van der Waals surface area contributed by atoms with Crippen molar-refractivity contribution >= 4 is 23.3 Å². The van der Waals surface area contributed by atoms with Gasteiger partial charge in [-0.05, 0) is 42.7 Å². The van der Waals surface area contributed by atoms with Crippen LogP contribution in [0.2, 0.25) is 5.02 Å². The summed E-state index contributed by atoms with van der Waals surface area (Å²) in [7, 11) is 0. The molecule has 1 heterocycles. The number of nitrogen functional groups attached to an aromatic ring is 1. The van der Waals surface area contributed by atoms with Crippen molar-refractivity contribution in [2.45, 2.75) is 58.4 Å². The summed E-state index contributed by atoms with van der Waals surface area (Å²) in [4.78, 5) is 21.5. The summed E-state index contributed by atoms with van der Waals surface area (Å²) in [6.07, 6.45) is 7.50. The van der Waals surface area contributed by atoms with Crippen molar-refractivity contribution in [3.63, 3.8) is 0 Å². The molecule has 4 rings (SSSR count). The number of nitrogens with one attached hydrogen (secondary N) is 1. The maximum Gasteiger partial charge on any atom is 0.254 e. The van der Waals surface area contributed by atoms with E-state index in [0.717, 1.165) is 24.1 Å². The molecular formula is C26H30ClFN4O. The molecule has 5 nitrogen and oxygen atoms in total. The minimum Gasteiger partial charge on any atom is -0.382 e. The summed E-state index contributed by atoms with van der Waals surface area (Å²) in [5, 5.41) is 3.30. The van der Waals surface area contributed by atoms with Gasteiger partial charge in [-0.3, -0.25) is 4.79 Å². The minimum absolute atomic E-state index is 0.0410. The third kappa shape index (κ3) is 6.29. The first kappa shape index (κ1) is 24.6. The number of hydrogen-bond acceptors (Lipinski definition) is 4. The highest BCUT2D eigenvalue weighted by molar-refractivity contribution is 6.30. The van der Waals surface area contributed by atoms with Crippen LogP contribution in [0.1, 0.15) is 73.5 Å². The third-order valence-electron chi connectivity index (χ3n) is 5.67. The molecule has 1 saturated carbocycles. The molecule has 1 aliphatic carbocycles. The van der Waals surface area contributed by atoms with Gasteiger partial charge in [0.15, 0.2) is 0 Å². The Labute approximate surface area is 199 Å². The lowest BCUT2D eigenvalue weighted by Crippen LogP contribution is -2.23. The molecule has 3 N–H and O–H groups in total. The average Bonchev–Trinajstić information content (AvgIpc) is 2.84. The minimum atomic E-state index is -0.634. The lowest BCUT2D eigenvalue weighted by Gasteiger charge is -2.21. The summed E-state index contributed by atoms with van der Waals surface area (Å²) >= 11 is 5.96. The first-order valence-electron chi connectivity index (χ1n) is 11.5. The topological polar surface area (TPSA) is 80.9 Å². The molecule has 1 aliphatic rings. The van der Waals surface area contributed by atoms with E-state index in [1.54, 1.807) is 30.5 Å². The number of hydrogen-bond donors (Lipinski definition) is 2. The zero-order valence-electron chi connectivity index (χ0n) is 19.1. The summed E-state index contributed by atoms with van der Waals surface area (Å²) in [6.45, 7) is 4.25. The van der Waals surface area contributed by atoms with E-state index in [9.17, 15) is 9.18 Å². The van der Waals surface area contributed by atoms with Crippen molar-refractivity contribution < 1.29 is 9.18 Å². The van der Waals surface area contributed by atoms with Crippen LogP contribution < -0.4 is 11.1 Å². The molecule has 0 unspecified atom stereocenters. The largest absolute Gasteiger partial charge is 0.382 e. The first-order chi connectivity index (χ1) is 16.0. The molecule has 33 heavy (non-hydrogen) atoms. The van der Waals surface area contributed by atoms with Crippen LogP contribution >= 0.6 is 11.6 Å². The van der Waals surface area contributed by atoms with Crippen LogP contribution in [0, 0.1) is 5.82 Å². The van der Waals surface area contributed by atoms with Crippen LogP contribution in [-0.2, 0) is 6.54 Å². The molecule has 0 spiro atoms.